The van der Waals surface area contributed by atoms with E-state index in [1.165, 1.54) is 11.1 Å². The first kappa shape index (κ1) is 24.8. The number of carbonyl (C=O) groups excluding carboxylic acids is 1. The fourth-order valence-electron chi connectivity index (χ4n) is 4.66. The number of allylic oxidation sites excluding steroid dienone is 1. The molecular formula is C26H40ClNO2. The second-order valence-electron chi connectivity index (χ2n) is 8.79. The van der Waals surface area contributed by atoms with Gasteiger partial charge in [-0.2, -0.15) is 0 Å². The number of halogens is 1. The normalized spacial score (nSPS) is 16.9. The number of amides is 1. The molecule has 2 unspecified atom stereocenters. The van der Waals surface area contributed by atoms with Crippen molar-refractivity contribution in [2.45, 2.75) is 91.1 Å². The van der Waals surface area contributed by atoms with E-state index in [1.54, 1.807) is 0 Å². The molecule has 0 N–H and O–H groups in total. The summed E-state index contributed by atoms with van der Waals surface area (Å²) in [4.78, 5) is 14.6. The van der Waals surface area contributed by atoms with Gasteiger partial charge in [-0.25, -0.2) is 4.79 Å². The Balaban J connectivity index is 2.04. The van der Waals surface area contributed by atoms with Crippen LogP contribution in [-0.4, -0.2) is 30.2 Å². The van der Waals surface area contributed by atoms with Crippen molar-refractivity contribution >= 4 is 23.3 Å². The molecule has 1 saturated heterocycles. The summed E-state index contributed by atoms with van der Waals surface area (Å²) in [5.74, 6) is 1.04. The number of benzene rings is 1. The van der Waals surface area contributed by atoms with Crippen LogP contribution in [0.5, 0.6) is 0 Å². The van der Waals surface area contributed by atoms with E-state index in [1.807, 2.05) is 11.0 Å². The molecule has 168 valence electrons. The van der Waals surface area contributed by atoms with Crippen molar-refractivity contribution in [3.63, 3.8) is 0 Å². The predicted octanol–water partition coefficient (Wildman–Crippen LogP) is 8.07. The van der Waals surface area contributed by atoms with Crippen molar-refractivity contribution in [2.24, 2.45) is 5.92 Å². The minimum absolute atomic E-state index is 0.0511. The van der Waals surface area contributed by atoms with Crippen molar-refractivity contribution in [1.82, 2.24) is 4.90 Å². The Hall–Kier alpha value is -1.48. The molecule has 2 atom stereocenters. The highest BCUT2D eigenvalue weighted by molar-refractivity contribution is 6.30. The fourth-order valence-corrected chi connectivity index (χ4v) is 4.83. The molecule has 0 radical (unpaired) electrons. The van der Waals surface area contributed by atoms with E-state index in [-0.39, 0.29) is 12.2 Å². The molecule has 0 spiro atoms. The van der Waals surface area contributed by atoms with E-state index in [0.717, 1.165) is 75.1 Å². The number of rotatable bonds is 10. The van der Waals surface area contributed by atoms with Crippen LogP contribution in [0.15, 0.2) is 24.8 Å². The van der Waals surface area contributed by atoms with Gasteiger partial charge >= 0.3 is 6.09 Å². The Bertz CT molecular complexity index is 694. The first-order chi connectivity index (χ1) is 14.4. The maximum absolute atomic E-state index is 12.7. The summed E-state index contributed by atoms with van der Waals surface area (Å²) in [6, 6.07) is 6.24. The molecule has 1 heterocycles. The van der Waals surface area contributed by atoms with Gasteiger partial charge in [-0.05, 0) is 74.1 Å². The number of carbonyl (C=O) groups is 1. The van der Waals surface area contributed by atoms with Crippen molar-refractivity contribution in [1.29, 1.82) is 0 Å². The van der Waals surface area contributed by atoms with Crippen LogP contribution in [0.1, 0.15) is 96.1 Å². The van der Waals surface area contributed by atoms with Gasteiger partial charge in [0.25, 0.3) is 0 Å². The number of ether oxygens (including phenoxy) is 1. The third-order valence-corrected chi connectivity index (χ3v) is 6.68. The molecular weight excluding hydrogens is 394 g/mol. The number of likely N-dealkylation sites (tertiary alicyclic amines) is 1. The zero-order valence-electron chi connectivity index (χ0n) is 19.4. The molecule has 0 aliphatic carbocycles. The molecule has 1 aliphatic heterocycles. The monoisotopic (exact) mass is 433 g/mol. The third kappa shape index (κ3) is 6.77. The van der Waals surface area contributed by atoms with Crippen LogP contribution < -0.4 is 0 Å². The van der Waals surface area contributed by atoms with Gasteiger partial charge in [0.2, 0.25) is 0 Å². The van der Waals surface area contributed by atoms with E-state index >= 15 is 0 Å². The number of hydrogen-bond donors (Lipinski definition) is 0. The van der Waals surface area contributed by atoms with E-state index < -0.39 is 0 Å². The highest BCUT2D eigenvalue weighted by Gasteiger charge is 2.31. The average Bonchev–Trinajstić information content (AvgIpc) is 2.75. The van der Waals surface area contributed by atoms with Crippen LogP contribution in [0.3, 0.4) is 0 Å². The number of hydrogen-bond acceptors (Lipinski definition) is 2. The van der Waals surface area contributed by atoms with Crippen LogP contribution in [0.25, 0.3) is 5.57 Å². The van der Waals surface area contributed by atoms with Gasteiger partial charge in [0.05, 0.1) is 0 Å². The molecule has 1 aromatic carbocycles. The van der Waals surface area contributed by atoms with Crippen molar-refractivity contribution in [3.05, 3.63) is 40.9 Å². The van der Waals surface area contributed by atoms with Crippen LogP contribution in [-0.2, 0) is 4.74 Å². The lowest BCUT2D eigenvalue weighted by molar-refractivity contribution is 0.0453. The predicted molar refractivity (Wildman–Crippen MR) is 128 cm³/mol. The van der Waals surface area contributed by atoms with E-state index in [0.29, 0.717) is 11.8 Å². The summed E-state index contributed by atoms with van der Waals surface area (Å²) in [5.41, 5.74) is 3.61. The standard InChI is InChI=1S/C26H40ClNO2/c1-6-9-11-22(8-3)30-26(29)28-16-14-20(15-17-28)23(10-7-2)24-13-12-21(27)18-25(24)19(4)5/h12-13,18,20,22-23H,4,6-11,14-17H2,1-3,5H3. The zero-order chi connectivity index (χ0) is 22.1. The topological polar surface area (TPSA) is 29.5 Å². The van der Waals surface area contributed by atoms with Gasteiger partial charge in [0.1, 0.15) is 6.10 Å². The Morgan fingerprint density at radius 1 is 1.20 bits per heavy atom. The summed E-state index contributed by atoms with van der Waals surface area (Å²) in [5, 5.41) is 0.762. The van der Waals surface area contributed by atoms with Gasteiger partial charge in [-0.3, -0.25) is 0 Å². The van der Waals surface area contributed by atoms with Gasteiger partial charge in [-0.1, -0.05) is 69.9 Å². The average molecular weight is 434 g/mol. The quantitative estimate of drug-likeness (QED) is 0.373. The molecule has 0 bridgehead atoms. The number of nitrogens with zero attached hydrogens (tertiary/aromatic N) is 1. The first-order valence-electron chi connectivity index (χ1n) is 11.8. The summed E-state index contributed by atoms with van der Waals surface area (Å²) < 4.78 is 5.79. The Morgan fingerprint density at radius 3 is 2.47 bits per heavy atom. The van der Waals surface area contributed by atoms with Crippen LogP contribution in [0.2, 0.25) is 5.02 Å². The number of piperidine rings is 1. The van der Waals surface area contributed by atoms with Crippen molar-refractivity contribution in [2.75, 3.05) is 13.1 Å². The second-order valence-corrected chi connectivity index (χ2v) is 9.22. The van der Waals surface area contributed by atoms with Crippen LogP contribution in [0, 0.1) is 5.92 Å². The molecule has 4 heteroatoms. The second kappa shape index (κ2) is 12.4. The molecule has 30 heavy (non-hydrogen) atoms. The van der Waals surface area contributed by atoms with E-state index in [4.69, 9.17) is 16.3 Å². The molecule has 1 amide bonds. The summed E-state index contributed by atoms with van der Waals surface area (Å²) in [7, 11) is 0. The first-order valence-corrected chi connectivity index (χ1v) is 12.2. The molecule has 0 saturated carbocycles. The maximum Gasteiger partial charge on any atom is 0.410 e. The SMILES string of the molecule is C=C(C)c1cc(Cl)ccc1C(CCC)C1CCN(C(=O)OC(CC)CCCC)CC1. The van der Waals surface area contributed by atoms with Gasteiger partial charge in [0.15, 0.2) is 0 Å². The summed E-state index contributed by atoms with van der Waals surface area (Å²) >= 11 is 6.27. The molecule has 1 fully saturated rings. The lowest BCUT2D eigenvalue weighted by atomic mass is 9.75. The van der Waals surface area contributed by atoms with Crippen LogP contribution >= 0.6 is 11.6 Å². The smallest absolute Gasteiger partial charge is 0.410 e. The number of unbranched alkanes of at least 4 members (excludes halogenated alkanes) is 1. The Kier molecular flexibility index (Phi) is 10.2. The Morgan fingerprint density at radius 2 is 1.90 bits per heavy atom. The lowest BCUT2D eigenvalue weighted by Crippen LogP contribution is -2.41. The molecule has 1 aliphatic rings. The minimum atomic E-state index is -0.127. The van der Waals surface area contributed by atoms with Crippen molar-refractivity contribution in [3.8, 4) is 0 Å². The Labute approximate surface area is 188 Å². The van der Waals surface area contributed by atoms with E-state index in [9.17, 15) is 4.79 Å². The van der Waals surface area contributed by atoms with Crippen molar-refractivity contribution < 1.29 is 9.53 Å². The minimum Gasteiger partial charge on any atom is -0.446 e. The maximum atomic E-state index is 12.7. The molecule has 0 aromatic heterocycles. The molecule has 1 aromatic rings. The lowest BCUT2D eigenvalue weighted by Gasteiger charge is -2.37. The third-order valence-electron chi connectivity index (χ3n) is 6.44. The van der Waals surface area contributed by atoms with Gasteiger partial charge < -0.3 is 9.64 Å². The highest BCUT2D eigenvalue weighted by atomic mass is 35.5. The van der Waals surface area contributed by atoms with Gasteiger partial charge in [0, 0.05) is 18.1 Å². The van der Waals surface area contributed by atoms with Gasteiger partial charge in [-0.15, -0.1) is 0 Å². The fraction of sp³-hybridized carbons (Fsp3) is 0.654. The molecule has 2 rings (SSSR count). The summed E-state index contributed by atoms with van der Waals surface area (Å²) in [6.45, 7) is 14.3. The summed E-state index contributed by atoms with van der Waals surface area (Å²) in [6.07, 6.45) is 8.34. The largest absolute Gasteiger partial charge is 0.446 e. The molecule has 3 nitrogen and oxygen atoms in total. The van der Waals surface area contributed by atoms with E-state index in [2.05, 4.69) is 46.4 Å². The van der Waals surface area contributed by atoms with Crippen LogP contribution in [0.4, 0.5) is 4.79 Å². The highest BCUT2D eigenvalue weighted by Crippen LogP contribution is 2.40. The zero-order valence-corrected chi connectivity index (χ0v) is 20.1.